The van der Waals surface area contributed by atoms with E-state index in [0.29, 0.717) is 21.9 Å². The molecule has 0 radical (unpaired) electrons. The van der Waals surface area contributed by atoms with Crippen LogP contribution in [0.25, 0.3) is 0 Å². The van der Waals surface area contributed by atoms with Gasteiger partial charge in [-0.05, 0) is 44.2 Å². The first-order valence-electron chi connectivity index (χ1n) is 13.3. The van der Waals surface area contributed by atoms with E-state index >= 15 is 0 Å². The van der Waals surface area contributed by atoms with Gasteiger partial charge in [-0.3, -0.25) is 0 Å². The molecule has 0 fully saturated rings. The number of halogens is 8. The predicted molar refractivity (Wildman–Crippen MR) is 158 cm³/mol. The van der Waals surface area contributed by atoms with Gasteiger partial charge in [-0.2, -0.15) is 0 Å². The Labute approximate surface area is 294 Å². The van der Waals surface area contributed by atoms with E-state index in [2.05, 4.69) is 9.97 Å². The topological polar surface area (TPSA) is 88.0 Å². The van der Waals surface area contributed by atoms with E-state index in [-0.39, 0.29) is 98.0 Å². The van der Waals surface area contributed by atoms with Gasteiger partial charge in [-0.1, -0.05) is 0 Å². The van der Waals surface area contributed by atoms with Crippen LogP contribution in [0.4, 0.5) is 35.1 Å². The molecule has 2 aromatic carbocycles. The Morgan fingerprint density at radius 2 is 1.21 bits per heavy atom. The number of nitrogens with one attached hydrogen (secondary N) is 2. The minimum Gasteiger partial charge on any atom is -0.461 e. The Hall–Kier alpha value is -2.70. The van der Waals surface area contributed by atoms with Crippen molar-refractivity contribution in [3.8, 4) is 0 Å². The molecule has 2 atom stereocenters. The fraction of sp³-hybridized carbons (Fsp3) is 0.321. The third kappa shape index (κ3) is 7.06. The smallest absolute Gasteiger partial charge is 0.461 e. The molecule has 0 bridgehead atoms. The van der Waals surface area contributed by atoms with Gasteiger partial charge in [0.1, 0.15) is 5.69 Å². The summed E-state index contributed by atoms with van der Waals surface area (Å²) in [4.78, 5) is 17.4. The molecule has 2 aliphatic heterocycles. The maximum Gasteiger partial charge on any atom is 1.00 e. The summed E-state index contributed by atoms with van der Waals surface area (Å²) >= 11 is 10.1. The average molecular weight is 717 g/mol. The van der Waals surface area contributed by atoms with E-state index in [4.69, 9.17) is 29.2 Å². The van der Waals surface area contributed by atoms with Crippen molar-refractivity contribution >= 4 is 47.8 Å². The first-order valence-corrected chi connectivity index (χ1v) is 14.2. The van der Waals surface area contributed by atoms with Gasteiger partial charge in [0.2, 0.25) is 0 Å². The Balaban J connectivity index is 0.000000247. The van der Waals surface area contributed by atoms with Crippen LogP contribution in [0.3, 0.4) is 0 Å². The summed E-state index contributed by atoms with van der Waals surface area (Å²) in [6, 6.07) is 0.356. The van der Waals surface area contributed by atoms with Crippen molar-refractivity contribution in [2.24, 2.45) is 0 Å². The van der Waals surface area contributed by atoms with Gasteiger partial charge in [0.15, 0.2) is 56.1 Å². The van der Waals surface area contributed by atoms with E-state index in [0.717, 1.165) is 0 Å². The number of hydrogen-bond acceptors (Lipinski definition) is 5. The van der Waals surface area contributed by atoms with Crippen LogP contribution in [0.1, 0.15) is 57.5 Å². The van der Waals surface area contributed by atoms with E-state index in [9.17, 15) is 45.0 Å². The molecule has 0 aliphatic carbocycles. The molecule has 6 rings (SSSR count). The van der Waals surface area contributed by atoms with Gasteiger partial charge >= 0.3 is 24.8 Å². The van der Waals surface area contributed by atoms with Gasteiger partial charge < -0.3 is 28.9 Å². The number of aliphatic hydroxyl groups excluding tert-OH is 1. The average Bonchev–Trinajstić information content (AvgIpc) is 3.75. The number of aliphatic hydroxyl groups is 1. The summed E-state index contributed by atoms with van der Waals surface area (Å²) < 4.78 is 118. The minimum absolute atomic E-state index is 0. The van der Waals surface area contributed by atoms with Crippen molar-refractivity contribution in [1.29, 1.82) is 0 Å². The molecule has 0 amide bonds. The molecule has 3 N–H and O–H groups in total. The summed E-state index contributed by atoms with van der Waals surface area (Å²) in [6.45, 7) is 1.57. The van der Waals surface area contributed by atoms with Crippen LogP contribution < -0.4 is 18.9 Å². The van der Waals surface area contributed by atoms with Crippen LogP contribution >= 0.6 is 24.4 Å². The first kappa shape index (κ1) is 38.7. The number of esters is 1. The zero-order valence-electron chi connectivity index (χ0n) is 24.1. The number of nitrogens with zero attached hydrogens (tertiary/aromatic N) is 2. The quantitative estimate of drug-likeness (QED) is 0.0970. The van der Waals surface area contributed by atoms with Crippen LogP contribution in [0.5, 0.6) is 0 Å². The number of imidazole rings is 2. The van der Waals surface area contributed by atoms with Crippen LogP contribution in [0, 0.1) is 56.1 Å². The SMILES string of the molecule is CCOC(=O)c1[nH]c(=S)n2c1C[C@@H](c1c(F)c(F)cc(F)c1F)C2.OCc1[nH]c(=S)n2c1C[C@@H](c1c(F)c(F)cc(F)c1F)C2.[AlH4-].[Li+]. The zero-order chi connectivity index (χ0) is 32.9. The van der Waals surface area contributed by atoms with Gasteiger partial charge in [0.25, 0.3) is 0 Å². The molecular formula is C28H26AlF8LiN4O3S2. The van der Waals surface area contributed by atoms with E-state index in [1.807, 2.05) is 0 Å². The molecule has 2 aliphatic rings. The number of carbonyl (C=O) groups excluding carboxylic acids is 1. The molecule has 0 spiro atoms. The third-order valence-electron chi connectivity index (χ3n) is 7.70. The monoisotopic (exact) mass is 716 g/mol. The van der Waals surface area contributed by atoms with Crippen molar-refractivity contribution < 1.29 is 68.6 Å². The van der Waals surface area contributed by atoms with Gasteiger partial charge in [0, 0.05) is 71.2 Å². The second-order valence-corrected chi connectivity index (χ2v) is 11.0. The third-order valence-corrected chi connectivity index (χ3v) is 8.34. The molecule has 0 unspecified atom stereocenters. The van der Waals surface area contributed by atoms with Crippen molar-refractivity contribution in [2.45, 2.75) is 51.3 Å². The van der Waals surface area contributed by atoms with Gasteiger partial charge in [-0.15, -0.1) is 0 Å². The predicted octanol–water partition coefficient (Wildman–Crippen LogP) is 2.11. The molecule has 248 valence electrons. The molecule has 2 aromatic heterocycles. The fourth-order valence-corrected chi connectivity index (χ4v) is 6.31. The fourth-order valence-electron chi connectivity index (χ4n) is 5.72. The summed E-state index contributed by atoms with van der Waals surface area (Å²) in [5.74, 6) is -13.7. The second-order valence-electron chi connectivity index (χ2n) is 10.3. The Bertz CT molecular complexity index is 1910. The number of carbonyl (C=O) groups is 1. The van der Waals surface area contributed by atoms with Crippen LogP contribution in [-0.4, -0.2) is 54.1 Å². The molecule has 4 aromatic rings. The molecule has 47 heavy (non-hydrogen) atoms. The summed E-state index contributed by atoms with van der Waals surface area (Å²) in [6.07, 6.45) is 0.137. The molecule has 0 saturated carbocycles. The number of aromatic amines is 2. The maximum absolute atomic E-state index is 14.0. The Morgan fingerprint density at radius 3 is 1.64 bits per heavy atom. The molecule has 19 heteroatoms. The molecule has 4 heterocycles. The van der Waals surface area contributed by atoms with Crippen molar-refractivity contribution in [3.05, 3.63) is 102 Å². The van der Waals surface area contributed by atoms with Crippen molar-refractivity contribution in [3.63, 3.8) is 0 Å². The van der Waals surface area contributed by atoms with E-state index in [1.165, 1.54) is 4.57 Å². The minimum atomic E-state index is -1.46. The zero-order valence-corrected chi connectivity index (χ0v) is 25.7. The molecule has 0 saturated heterocycles. The van der Waals surface area contributed by atoms with Crippen LogP contribution in [0.2, 0.25) is 0 Å². The van der Waals surface area contributed by atoms with Crippen LogP contribution in [0.15, 0.2) is 12.1 Å². The number of ether oxygens (including phenoxy) is 1. The Morgan fingerprint density at radius 1 is 0.809 bits per heavy atom. The van der Waals surface area contributed by atoms with E-state index in [1.54, 1.807) is 11.5 Å². The van der Waals surface area contributed by atoms with E-state index < -0.39 is 75.5 Å². The van der Waals surface area contributed by atoms with Crippen molar-refractivity contribution in [2.75, 3.05) is 6.61 Å². The van der Waals surface area contributed by atoms with Gasteiger partial charge in [0.05, 0.1) is 24.6 Å². The Kier molecular flexibility index (Phi) is 12.6. The summed E-state index contributed by atoms with van der Waals surface area (Å²) in [5, 5.41) is 9.21. The normalized spacial score (nSPS) is 16.0. The number of benzene rings is 2. The summed E-state index contributed by atoms with van der Waals surface area (Å²) in [5.41, 5.74) is 0.222. The van der Waals surface area contributed by atoms with Crippen LogP contribution in [-0.2, 0) is 37.3 Å². The van der Waals surface area contributed by atoms with Gasteiger partial charge in [-0.25, -0.2) is 39.9 Å². The number of hydrogen-bond donors (Lipinski definition) is 3. The summed E-state index contributed by atoms with van der Waals surface area (Å²) in [7, 11) is 0. The number of H-pyrrole nitrogens is 2. The first-order chi connectivity index (χ1) is 21.3. The molecule has 7 nitrogen and oxygen atoms in total. The second kappa shape index (κ2) is 15.2. The van der Waals surface area contributed by atoms with Crippen molar-refractivity contribution in [1.82, 2.24) is 19.1 Å². The number of rotatable bonds is 5. The number of aromatic nitrogens is 4. The molecular weight excluding hydrogens is 690 g/mol. The maximum atomic E-state index is 14.0. The number of fused-ring (bicyclic) bond motifs is 2. The largest absolute Gasteiger partial charge is 1.00 e. The standard InChI is InChI=1S/C15H12F4N2O2S.C13H10F4N2OS.Al.Li.4H/c1-2-23-14(22)13-9-3-6(5-21(9)15(24)20-13)10-11(18)7(16)4-8(17)12(10)19;14-6-2-7(15)12(17)10(11(6)16)5-1-9-8(4-20)18-13(21)19(9)3-5;;;;;;/h4,6H,2-3,5H2,1H3,(H,20,24);2,5,20H,1,3-4H2,(H,18,21);;;;;;/q;;-1;+1;;;;/t6-;5-;;;;;;/m11....../s1.